The Morgan fingerprint density at radius 1 is 0.861 bits per heavy atom. The number of ether oxygens (including phenoxy) is 1. The molecule has 5 heteroatoms. The second kappa shape index (κ2) is 13.7. The largest absolute Gasteiger partial charge is 0.372 e. The van der Waals surface area contributed by atoms with E-state index in [0.717, 1.165) is 13.1 Å². The summed E-state index contributed by atoms with van der Waals surface area (Å²) in [6.07, 6.45) is 12.8. The Morgan fingerprint density at radius 3 is 2.08 bits per heavy atom. The molecule has 3 fully saturated rings. The molecule has 0 radical (unpaired) electrons. The number of unbranched alkanes of at least 4 members (excludes halogenated alkanes) is 2. The van der Waals surface area contributed by atoms with Crippen LogP contribution < -0.4 is 9.80 Å². The van der Waals surface area contributed by atoms with Gasteiger partial charge in [-0.3, -0.25) is 4.90 Å². The SMILES string of the molecule is CCCCCN1CCN(c2ccc(N3CC(C)OC(C)C3)cc2C2CCC(CC)(CC)CC2)CC1.Cl. The molecular weight excluding hydrogens is 466 g/mol. The molecule has 0 spiro atoms. The first kappa shape index (κ1) is 29.6. The van der Waals surface area contributed by atoms with E-state index in [9.17, 15) is 0 Å². The standard InChI is InChI=1S/C31H53N3O.ClH/c1-6-9-10-17-32-18-20-33(21-19-32)30-12-11-28(34-23-25(4)35-26(5)24-34)22-29(30)27-13-15-31(7-2,8-3)16-14-27;/h11-12,22,25-27H,6-10,13-21,23-24H2,1-5H3;1H. The van der Waals surface area contributed by atoms with Crippen LogP contribution in [0.1, 0.15) is 104 Å². The maximum atomic E-state index is 6.04. The van der Waals surface area contributed by atoms with Crippen molar-refractivity contribution in [2.45, 2.75) is 111 Å². The third kappa shape index (κ3) is 7.11. The highest BCUT2D eigenvalue weighted by Crippen LogP contribution is 2.49. The van der Waals surface area contributed by atoms with Crippen molar-refractivity contribution < 1.29 is 4.74 Å². The van der Waals surface area contributed by atoms with Crippen molar-refractivity contribution in [2.75, 3.05) is 55.6 Å². The first-order chi connectivity index (χ1) is 17.0. The number of halogens is 1. The number of piperazine rings is 1. The molecule has 0 bridgehead atoms. The molecule has 1 aliphatic carbocycles. The average Bonchev–Trinajstić information content (AvgIpc) is 2.88. The minimum Gasteiger partial charge on any atom is -0.372 e. The number of nitrogens with zero attached hydrogens (tertiary/aromatic N) is 3. The zero-order valence-corrected chi connectivity index (χ0v) is 24.8. The predicted molar refractivity (Wildman–Crippen MR) is 158 cm³/mol. The molecule has 2 unspecified atom stereocenters. The van der Waals surface area contributed by atoms with Crippen molar-refractivity contribution in [1.82, 2.24) is 4.90 Å². The Kier molecular flexibility index (Phi) is 11.3. The van der Waals surface area contributed by atoms with Crippen LogP contribution in [0.25, 0.3) is 0 Å². The number of rotatable bonds is 9. The molecule has 1 saturated carbocycles. The van der Waals surface area contributed by atoms with E-state index in [1.807, 2.05) is 0 Å². The molecule has 2 aliphatic heterocycles. The van der Waals surface area contributed by atoms with Crippen LogP contribution in [0.5, 0.6) is 0 Å². The molecule has 36 heavy (non-hydrogen) atoms. The number of benzene rings is 1. The van der Waals surface area contributed by atoms with Crippen molar-refractivity contribution in [3.05, 3.63) is 23.8 Å². The van der Waals surface area contributed by atoms with E-state index < -0.39 is 0 Å². The van der Waals surface area contributed by atoms with Gasteiger partial charge in [-0.05, 0) is 87.6 Å². The Morgan fingerprint density at radius 2 is 1.50 bits per heavy atom. The van der Waals surface area contributed by atoms with E-state index in [-0.39, 0.29) is 12.4 Å². The van der Waals surface area contributed by atoms with Crippen LogP contribution in [-0.2, 0) is 4.74 Å². The summed E-state index contributed by atoms with van der Waals surface area (Å²) in [7, 11) is 0. The molecule has 2 saturated heterocycles. The second-order valence-corrected chi connectivity index (χ2v) is 11.9. The van der Waals surface area contributed by atoms with Crippen molar-refractivity contribution in [1.29, 1.82) is 0 Å². The number of anilines is 2. The molecule has 4 nitrogen and oxygen atoms in total. The summed E-state index contributed by atoms with van der Waals surface area (Å²) >= 11 is 0. The minimum absolute atomic E-state index is 0. The van der Waals surface area contributed by atoms with E-state index in [1.165, 1.54) is 102 Å². The first-order valence-electron chi connectivity index (χ1n) is 15.0. The molecule has 4 rings (SSSR count). The zero-order valence-electron chi connectivity index (χ0n) is 23.9. The third-order valence-electron chi connectivity index (χ3n) is 9.57. The summed E-state index contributed by atoms with van der Waals surface area (Å²) in [5.41, 5.74) is 5.16. The van der Waals surface area contributed by atoms with E-state index in [1.54, 1.807) is 5.56 Å². The molecule has 206 valence electrons. The van der Waals surface area contributed by atoms with Crippen LogP contribution in [-0.4, -0.2) is 62.9 Å². The third-order valence-corrected chi connectivity index (χ3v) is 9.57. The highest BCUT2D eigenvalue weighted by molar-refractivity contribution is 5.85. The fourth-order valence-electron chi connectivity index (χ4n) is 7.04. The molecule has 0 amide bonds. The maximum Gasteiger partial charge on any atom is 0.0726 e. The van der Waals surface area contributed by atoms with Gasteiger partial charge in [0.15, 0.2) is 0 Å². The van der Waals surface area contributed by atoms with Crippen LogP contribution in [0.2, 0.25) is 0 Å². The van der Waals surface area contributed by atoms with Gasteiger partial charge in [0.2, 0.25) is 0 Å². The van der Waals surface area contributed by atoms with Crippen molar-refractivity contribution in [3.63, 3.8) is 0 Å². The lowest BCUT2D eigenvalue weighted by molar-refractivity contribution is -0.00522. The maximum absolute atomic E-state index is 6.04. The predicted octanol–water partition coefficient (Wildman–Crippen LogP) is 7.50. The van der Waals surface area contributed by atoms with Gasteiger partial charge in [-0.2, -0.15) is 0 Å². The van der Waals surface area contributed by atoms with E-state index in [0.29, 0.717) is 23.5 Å². The summed E-state index contributed by atoms with van der Waals surface area (Å²) in [6, 6.07) is 7.47. The van der Waals surface area contributed by atoms with Crippen molar-refractivity contribution >= 4 is 23.8 Å². The van der Waals surface area contributed by atoms with Gasteiger partial charge in [0, 0.05) is 50.6 Å². The monoisotopic (exact) mass is 519 g/mol. The molecule has 1 aromatic rings. The van der Waals surface area contributed by atoms with Crippen LogP contribution in [0, 0.1) is 5.41 Å². The van der Waals surface area contributed by atoms with Crippen LogP contribution in [0.15, 0.2) is 18.2 Å². The first-order valence-corrected chi connectivity index (χ1v) is 15.0. The molecule has 0 aromatic heterocycles. The number of hydrogen-bond acceptors (Lipinski definition) is 4. The summed E-state index contributed by atoms with van der Waals surface area (Å²) in [5, 5.41) is 0. The van der Waals surface area contributed by atoms with Crippen LogP contribution in [0.3, 0.4) is 0 Å². The van der Waals surface area contributed by atoms with Crippen molar-refractivity contribution in [2.24, 2.45) is 5.41 Å². The highest BCUT2D eigenvalue weighted by atomic mass is 35.5. The number of hydrogen-bond donors (Lipinski definition) is 0. The van der Waals surface area contributed by atoms with Gasteiger partial charge >= 0.3 is 0 Å². The lowest BCUT2D eigenvalue weighted by atomic mass is 9.66. The van der Waals surface area contributed by atoms with Gasteiger partial charge in [0.25, 0.3) is 0 Å². The van der Waals surface area contributed by atoms with Crippen molar-refractivity contribution in [3.8, 4) is 0 Å². The van der Waals surface area contributed by atoms with E-state index in [4.69, 9.17) is 4.74 Å². The number of morpholine rings is 1. The summed E-state index contributed by atoms with van der Waals surface area (Å²) in [6.45, 7) is 19.6. The van der Waals surface area contributed by atoms with Gasteiger partial charge in [0.05, 0.1) is 12.2 Å². The average molecular weight is 520 g/mol. The molecule has 2 heterocycles. The van der Waals surface area contributed by atoms with Crippen LogP contribution in [0.4, 0.5) is 11.4 Å². The summed E-state index contributed by atoms with van der Waals surface area (Å²) in [5.74, 6) is 0.703. The fourth-order valence-corrected chi connectivity index (χ4v) is 7.04. The topological polar surface area (TPSA) is 19.0 Å². The lowest BCUT2D eigenvalue weighted by Gasteiger charge is -2.42. The molecular formula is C31H54ClN3O. The van der Waals surface area contributed by atoms with Gasteiger partial charge in [0.1, 0.15) is 0 Å². The van der Waals surface area contributed by atoms with Crippen LogP contribution >= 0.6 is 12.4 Å². The van der Waals surface area contributed by atoms with E-state index >= 15 is 0 Å². The smallest absolute Gasteiger partial charge is 0.0726 e. The Bertz CT molecular complexity index is 770. The second-order valence-electron chi connectivity index (χ2n) is 11.9. The minimum atomic E-state index is 0. The van der Waals surface area contributed by atoms with Gasteiger partial charge in [-0.25, -0.2) is 0 Å². The molecule has 2 atom stereocenters. The van der Waals surface area contributed by atoms with E-state index in [2.05, 4.69) is 67.5 Å². The quantitative estimate of drug-likeness (QED) is 0.314. The molecule has 3 aliphatic rings. The summed E-state index contributed by atoms with van der Waals surface area (Å²) < 4.78 is 6.04. The lowest BCUT2D eigenvalue weighted by Crippen LogP contribution is -2.47. The summed E-state index contributed by atoms with van der Waals surface area (Å²) in [4.78, 5) is 7.97. The zero-order chi connectivity index (χ0) is 24.8. The Hall–Kier alpha value is -0.970. The molecule has 0 N–H and O–H groups in total. The fraction of sp³-hybridized carbons (Fsp3) is 0.806. The van der Waals surface area contributed by atoms with Gasteiger partial charge in [-0.1, -0.05) is 46.5 Å². The Balaban J connectivity index is 0.00000361. The van der Waals surface area contributed by atoms with Gasteiger partial charge < -0.3 is 14.5 Å². The normalized spacial score (nSPS) is 25.6. The Labute approximate surface area is 228 Å². The van der Waals surface area contributed by atoms with Gasteiger partial charge in [-0.15, -0.1) is 12.4 Å². The molecule has 1 aromatic carbocycles. The highest BCUT2D eigenvalue weighted by Gasteiger charge is 2.34.